The number of benzene rings is 1. The van der Waals surface area contributed by atoms with E-state index in [0.717, 1.165) is 10.5 Å². The first kappa shape index (κ1) is 19.5. The van der Waals surface area contributed by atoms with Crippen LogP contribution in [0.4, 0.5) is 0 Å². The molecular formula is C17H27ClN3O2+. The second-order valence-corrected chi connectivity index (χ2v) is 6.40. The topological polar surface area (TPSA) is 62.6 Å². The number of carbonyl (C=O) groups excluding carboxylic acids is 2. The maximum absolute atomic E-state index is 12.2. The molecule has 128 valence electrons. The lowest BCUT2D eigenvalue weighted by atomic mass is 10.1. The van der Waals surface area contributed by atoms with Crippen molar-refractivity contribution in [2.75, 3.05) is 19.6 Å². The zero-order valence-corrected chi connectivity index (χ0v) is 15.0. The number of hydrogen-bond acceptors (Lipinski definition) is 2. The van der Waals surface area contributed by atoms with Crippen LogP contribution in [0.1, 0.15) is 39.3 Å². The van der Waals surface area contributed by atoms with Gasteiger partial charge in [0.1, 0.15) is 0 Å². The summed E-state index contributed by atoms with van der Waals surface area (Å²) in [4.78, 5) is 24.9. The highest BCUT2D eigenvalue weighted by Gasteiger charge is 2.19. The van der Waals surface area contributed by atoms with E-state index in [2.05, 4.69) is 10.6 Å². The summed E-state index contributed by atoms with van der Waals surface area (Å²) in [5.74, 6) is -0.129. The van der Waals surface area contributed by atoms with Gasteiger partial charge < -0.3 is 15.5 Å². The normalized spacial score (nSPS) is 13.5. The predicted octanol–water partition coefficient (Wildman–Crippen LogP) is 0.947. The van der Waals surface area contributed by atoms with E-state index < -0.39 is 0 Å². The molecule has 0 fully saturated rings. The van der Waals surface area contributed by atoms with Crippen molar-refractivity contribution in [2.24, 2.45) is 0 Å². The molecule has 23 heavy (non-hydrogen) atoms. The third-order valence-electron chi connectivity index (χ3n) is 3.52. The van der Waals surface area contributed by atoms with Gasteiger partial charge in [0, 0.05) is 11.1 Å². The van der Waals surface area contributed by atoms with Gasteiger partial charge >= 0.3 is 0 Å². The van der Waals surface area contributed by atoms with Crippen molar-refractivity contribution < 1.29 is 14.5 Å². The second-order valence-electron chi connectivity index (χ2n) is 5.99. The van der Waals surface area contributed by atoms with Gasteiger partial charge in [0.05, 0.1) is 12.6 Å². The van der Waals surface area contributed by atoms with Crippen LogP contribution in [0.25, 0.3) is 0 Å². The molecule has 3 N–H and O–H groups in total. The number of carbonyl (C=O) groups is 2. The molecule has 1 rings (SSSR count). The molecule has 0 radical (unpaired) electrons. The van der Waals surface area contributed by atoms with Gasteiger partial charge in [-0.05, 0) is 39.3 Å². The summed E-state index contributed by atoms with van der Waals surface area (Å²) in [6, 6.07) is 7.39. The van der Waals surface area contributed by atoms with E-state index in [1.54, 1.807) is 6.07 Å². The van der Waals surface area contributed by atoms with Crippen LogP contribution >= 0.6 is 11.6 Å². The maximum Gasteiger partial charge on any atom is 0.275 e. The standard InChI is InChI=1S/C17H26ClN3O2/c1-5-21(10-16(22)19-12(2)3)11-17(23)20-13(4)14-8-6-7-9-15(14)18/h6-9,12-13H,5,10-11H2,1-4H3,(H,19,22)(H,20,23)/p+1/t13-/m1/s1. The summed E-state index contributed by atoms with van der Waals surface area (Å²) in [6.07, 6.45) is 0. The van der Waals surface area contributed by atoms with Crippen molar-refractivity contribution in [2.45, 2.75) is 39.8 Å². The third kappa shape index (κ3) is 7.01. The molecule has 5 nitrogen and oxygen atoms in total. The van der Waals surface area contributed by atoms with Crippen LogP contribution in [0.5, 0.6) is 0 Å². The minimum atomic E-state index is -0.168. The van der Waals surface area contributed by atoms with E-state index in [1.807, 2.05) is 45.9 Å². The molecule has 1 unspecified atom stereocenters. The fourth-order valence-electron chi connectivity index (χ4n) is 2.34. The Morgan fingerprint density at radius 2 is 1.65 bits per heavy atom. The number of rotatable bonds is 8. The Labute approximate surface area is 143 Å². The molecule has 0 saturated heterocycles. The summed E-state index contributed by atoms with van der Waals surface area (Å²) in [6.45, 7) is 8.96. The van der Waals surface area contributed by atoms with Crippen LogP contribution in [-0.4, -0.2) is 37.5 Å². The van der Waals surface area contributed by atoms with Gasteiger partial charge in [-0.25, -0.2) is 0 Å². The largest absolute Gasteiger partial charge is 0.349 e. The fraction of sp³-hybridized carbons (Fsp3) is 0.529. The van der Waals surface area contributed by atoms with Crippen molar-refractivity contribution in [3.8, 4) is 0 Å². The van der Waals surface area contributed by atoms with E-state index in [1.165, 1.54) is 0 Å². The summed E-state index contributed by atoms with van der Waals surface area (Å²) < 4.78 is 0. The molecule has 2 amide bonds. The monoisotopic (exact) mass is 340 g/mol. The van der Waals surface area contributed by atoms with Gasteiger partial charge in [-0.2, -0.15) is 0 Å². The quantitative estimate of drug-likeness (QED) is 0.659. The van der Waals surface area contributed by atoms with Gasteiger partial charge in [-0.15, -0.1) is 0 Å². The molecule has 0 aromatic heterocycles. The summed E-state index contributed by atoms with van der Waals surface area (Å²) in [5.41, 5.74) is 0.887. The van der Waals surface area contributed by atoms with E-state index in [4.69, 9.17) is 11.6 Å². The van der Waals surface area contributed by atoms with Crippen molar-refractivity contribution >= 4 is 23.4 Å². The summed E-state index contributed by atoms with van der Waals surface area (Å²) in [7, 11) is 0. The third-order valence-corrected chi connectivity index (χ3v) is 3.86. The number of amides is 2. The molecule has 0 aliphatic heterocycles. The first-order valence-electron chi connectivity index (χ1n) is 8.00. The zero-order valence-electron chi connectivity index (χ0n) is 14.3. The maximum atomic E-state index is 12.2. The first-order valence-corrected chi connectivity index (χ1v) is 8.38. The van der Waals surface area contributed by atoms with Crippen LogP contribution in [0, 0.1) is 0 Å². The van der Waals surface area contributed by atoms with Crippen LogP contribution in [0.3, 0.4) is 0 Å². The smallest absolute Gasteiger partial charge is 0.275 e. The van der Waals surface area contributed by atoms with Gasteiger partial charge in [0.15, 0.2) is 13.1 Å². The number of halogens is 1. The molecule has 0 saturated carbocycles. The van der Waals surface area contributed by atoms with E-state index >= 15 is 0 Å². The van der Waals surface area contributed by atoms with E-state index in [-0.39, 0.29) is 30.4 Å². The number of nitrogens with one attached hydrogen (secondary N) is 3. The Bertz CT molecular complexity index is 534. The molecular weight excluding hydrogens is 314 g/mol. The minimum absolute atomic E-state index is 0.0381. The van der Waals surface area contributed by atoms with Crippen molar-refractivity contribution in [1.29, 1.82) is 0 Å². The highest BCUT2D eigenvalue weighted by atomic mass is 35.5. The van der Waals surface area contributed by atoms with Crippen LogP contribution in [0.15, 0.2) is 24.3 Å². The van der Waals surface area contributed by atoms with Gasteiger partial charge in [-0.1, -0.05) is 29.8 Å². The Morgan fingerprint density at radius 1 is 1.09 bits per heavy atom. The predicted molar refractivity (Wildman–Crippen MR) is 92.5 cm³/mol. The molecule has 6 heteroatoms. The average Bonchev–Trinajstić information content (AvgIpc) is 2.45. The molecule has 0 aliphatic carbocycles. The van der Waals surface area contributed by atoms with Gasteiger partial charge in [0.25, 0.3) is 11.8 Å². The van der Waals surface area contributed by atoms with Crippen LogP contribution in [-0.2, 0) is 9.59 Å². The SMILES string of the molecule is CC[NH+](CC(=O)NC(C)C)CC(=O)N[C@H](C)c1ccccc1Cl. The average molecular weight is 341 g/mol. The lowest BCUT2D eigenvalue weighted by Gasteiger charge is -2.20. The summed E-state index contributed by atoms with van der Waals surface area (Å²) in [5, 5.41) is 6.42. The number of likely N-dealkylation sites (N-methyl/N-ethyl adjacent to an activating group) is 1. The lowest BCUT2D eigenvalue weighted by molar-refractivity contribution is -0.881. The number of hydrogen-bond donors (Lipinski definition) is 3. The molecule has 1 aromatic carbocycles. The van der Waals surface area contributed by atoms with Crippen molar-refractivity contribution in [3.05, 3.63) is 34.9 Å². The molecule has 0 spiro atoms. The Balaban J connectivity index is 2.53. The van der Waals surface area contributed by atoms with E-state index in [9.17, 15) is 9.59 Å². The molecule has 2 atom stereocenters. The van der Waals surface area contributed by atoms with Crippen LogP contribution < -0.4 is 15.5 Å². The summed E-state index contributed by atoms with van der Waals surface area (Å²) >= 11 is 6.14. The Kier molecular flexibility index (Phi) is 8.06. The van der Waals surface area contributed by atoms with Crippen molar-refractivity contribution in [1.82, 2.24) is 10.6 Å². The highest BCUT2D eigenvalue weighted by Crippen LogP contribution is 2.21. The van der Waals surface area contributed by atoms with Gasteiger partial charge in [0.2, 0.25) is 0 Å². The lowest BCUT2D eigenvalue weighted by Crippen LogP contribution is -3.14. The molecule has 0 heterocycles. The zero-order chi connectivity index (χ0) is 17.4. The molecule has 0 aliphatic rings. The first-order chi connectivity index (χ1) is 10.8. The van der Waals surface area contributed by atoms with Crippen LogP contribution in [0.2, 0.25) is 5.02 Å². The van der Waals surface area contributed by atoms with Gasteiger partial charge in [-0.3, -0.25) is 9.59 Å². The van der Waals surface area contributed by atoms with Crippen molar-refractivity contribution in [3.63, 3.8) is 0 Å². The highest BCUT2D eigenvalue weighted by molar-refractivity contribution is 6.31. The Hall–Kier alpha value is -1.59. The fourth-order valence-corrected chi connectivity index (χ4v) is 2.64. The van der Waals surface area contributed by atoms with E-state index in [0.29, 0.717) is 18.1 Å². The Morgan fingerprint density at radius 3 is 2.17 bits per heavy atom. The molecule has 0 bridgehead atoms. The minimum Gasteiger partial charge on any atom is -0.349 e. The molecule has 1 aromatic rings. The number of quaternary nitrogens is 1. The second kappa shape index (κ2) is 9.53.